The zero-order chi connectivity index (χ0) is 35.3. The monoisotopic (exact) mass is 1060 g/mol. The van der Waals surface area contributed by atoms with Gasteiger partial charge in [0.2, 0.25) is 0 Å². The molecule has 3 aromatic heterocycles. The fourth-order valence-electron chi connectivity index (χ4n) is 6.87. The zero-order valence-corrected chi connectivity index (χ0v) is 33.5. The van der Waals surface area contributed by atoms with Gasteiger partial charge in [-0.25, -0.2) is 9.97 Å². The van der Waals surface area contributed by atoms with Crippen molar-refractivity contribution in [3.63, 3.8) is 0 Å². The predicted molar refractivity (Wildman–Crippen MR) is 204 cm³/mol. The number of nitrogens with zero attached hydrogens (tertiary/aromatic N) is 6. The maximum atomic E-state index is 10.6. The molecule has 0 spiro atoms. The number of aromatic nitrogens is 6. The summed E-state index contributed by atoms with van der Waals surface area (Å²) in [7, 11) is 3.92. The molecule has 0 amide bonds. The van der Waals surface area contributed by atoms with E-state index >= 15 is 0 Å². The largest absolute Gasteiger partial charge is 0.507 e. The second-order valence-corrected chi connectivity index (χ2v) is 12.6. The van der Waals surface area contributed by atoms with Crippen molar-refractivity contribution in [2.45, 2.75) is 0 Å². The van der Waals surface area contributed by atoms with Crippen LogP contribution in [0.4, 0.5) is 0 Å². The Kier molecular flexibility index (Phi) is 10.2. The van der Waals surface area contributed by atoms with E-state index in [-0.39, 0.29) is 53.6 Å². The van der Waals surface area contributed by atoms with Crippen LogP contribution in [0, 0.1) is 12.1 Å². The number of fused-ring (bicyclic) bond motifs is 2. The summed E-state index contributed by atoms with van der Waals surface area (Å²) in [5.74, 6) is 1.74. The van der Waals surface area contributed by atoms with Crippen molar-refractivity contribution in [2.24, 2.45) is 14.1 Å². The van der Waals surface area contributed by atoms with Gasteiger partial charge in [-0.3, -0.25) is 9.97 Å². The van der Waals surface area contributed by atoms with Crippen LogP contribution in [0.1, 0.15) is 0 Å². The standard InChI is InChI=1S/C44H30N6O2.2Pt/c1-49-37-19-9-17-31(41(37)47-43(49)33-15-3-5-21-39(33)51)27-11-7-13-29(23-27)35-25-36(46-26-45-35)30-14-8-12-28(24-30)32-18-10-20-38-42(32)48-44(50(38)2)34-16-4-6-22-40(34)52;;/h3-22,25-26,51-52H,1-2H3;;/q-2;;. The first-order valence-corrected chi connectivity index (χ1v) is 16.8. The van der Waals surface area contributed by atoms with Crippen LogP contribution >= 0.6 is 0 Å². The topological polar surface area (TPSA) is 102 Å². The van der Waals surface area contributed by atoms with Crippen molar-refractivity contribution < 1.29 is 52.3 Å². The van der Waals surface area contributed by atoms with E-state index in [4.69, 9.17) is 9.97 Å². The number of imidazole rings is 2. The number of phenolic OH excluding ortho intramolecular Hbond substituents is 2. The first kappa shape index (κ1) is 36.7. The molecule has 270 valence electrons. The summed E-state index contributed by atoms with van der Waals surface area (Å²) in [6.45, 7) is 0. The molecule has 0 aliphatic heterocycles. The van der Waals surface area contributed by atoms with E-state index in [0.717, 1.165) is 66.8 Å². The van der Waals surface area contributed by atoms with Gasteiger partial charge in [-0.15, -0.1) is 59.7 Å². The van der Waals surface area contributed by atoms with Crippen LogP contribution in [0.25, 0.3) is 89.6 Å². The molecular weight excluding hydrogens is 1030 g/mol. The van der Waals surface area contributed by atoms with Crippen molar-refractivity contribution in [3.8, 4) is 79.0 Å². The average molecular weight is 1060 g/mol. The first-order chi connectivity index (χ1) is 25.4. The maximum absolute atomic E-state index is 10.6. The van der Waals surface area contributed by atoms with Crippen LogP contribution in [0.2, 0.25) is 0 Å². The quantitative estimate of drug-likeness (QED) is 0.161. The molecule has 0 bridgehead atoms. The summed E-state index contributed by atoms with van der Waals surface area (Å²) in [4.78, 5) is 19.2. The maximum Gasteiger partial charge on any atom is 0.143 e. The molecule has 9 rings (SSSR count). The van der Waals surface area contributed by atoms with Crippen LogP contribution < -0.4 is 0 Å². The molecule has 0 atom stereocenters. The normalized spacial score (nSPS) is 11.0. The molecule has 2 N–H and O–H groups in total. The number of aromatic hydroxyl groups is 2. The van der Waals surface area contributed by atoms with E-state index in [9.17, 15) is 10.2 Å². The molecule has 0 saturated heterocycles. The summed E-state index contributed by atoms with van der Waals surface area (Å²) in [6, 6.07) is 47.8. The summed E-state index contributed by atoms with van der Waals surface area (Å²) >= 11 is 0. The summed E-state index contributed by atoms with van der Waals surface area (Å²) in [5.41, 5.74) is 11.6. The van der Waals surface area contributed by atoms with Gasteiger partial charge in [-0.2, -0.15) is 0 Å². The molecule has 9 aromatic rings. The molecule has 54 heavy (non-hydrogen) atoms. The van der Waals surface area contributed by atoms with E-state index in [1.54, 1.807) is 30.6 Å². The summed E-state index contributed by atoms with van der Waals surface area (Å²) in [6.07, 6.45) is 1.57. The average Bonchev–Trinajstić information content (AvgIpc) is 3.71. The van der Waals surface area contributed by atoms with Crippen LogP contribution in [0.5, 0.6) is 11.5 Å². The Morgan fingerprint density at radius 2 is 0.852 bits per heavy atom. The van der Waals surface area contributed by atoms with Crippen molar-refractivity contribution in [1.82, 2.24) is 29.1 Å². The number of hydrogen-bond acceptors (Lipinski definition) is 6. The number of hydrogen-bond donors (Lipinski definition) is 2. The SMILES string of the molecule is Cn1c(-c2ccccc2O)nc2c(-c3[c-]c(-c4cc(-c5[c-]c(-c6cccc7c6nc(-c6ccccc6O)n7C)ccc5)ncn4)ccc3)cccc21.[Pt].[Pt]. The summed E-state index contributed by atoms with van der Waals surface area (Å²) < 4.78 is 4.00. The van der Waals surface area contributed by atoms with Gasteiger partial charge in [-0.05, 0) is 36.4 Å². The zero-order valence-electron chi connectivity index (χ0n) is 28.9. The Labute approximate surface area is 340 Å². The smallest absolute Gasteiger partial charge is 0.143 e. The van der Waals surface area contributed by atoms with Gasteiger partial charge in [0.05, 0.1) is 39.5 Å². The second-order valence-electron chi connectivity index (χ2n) is 12.6. The molecule has 3 heterocycles. The van der Waals surface area contributed by atoms with Gasteiger partial charge < -0.3 is 19.3 Å². The molecule has 0 aliphatic carbocycles. The minimum absolute atomic E-state index is 0. The molecule has 0 unspecified atom stereocenters. The van der Waals surface area contributed by atoms with E-state index in [1.807, 2.05) is 126 Å². The van der Waals surface area contributed by atoms with Gasteiger partial charge in [-0.1, -0.05) is 76.9 Å². The Bertz CT molecular complexity index is 2640. The van der Waals surface area contributed by atoms with Crippen molar-refractivity contribution in [1.29, 1.82) is 0 Å². The molecule has 6 aromatic carbocycles. The minimum atomic E-state index is 0. The molecule has 0 fully saturated rings. The molecule has 0 aliphatic rings. The number of aryl methyl sites for hydroxylation is 2. The minimum Gasteiger partial charge on any atom is -0.507 e. The van der Waals surface area contributed by atoms with E-state index in [0.29, 0.717) is 22.8 Å². The summed E-state index contributed by atoms with van der Waals surface area (Å²) in [5, 5.41) is 21.1. The number of para-hydroxylation sites is 4. The van der Waals surface area contributed by atoms with Crippen molar-refractivity contribution >= 4 is 22.1 Å². The number of rotatable bonds is 6. The first-order valence-electron chi connectivity index (χ1n) is 16.8. The van der Waals surface area contributed by atoms with Crippen LogP contribution in [-0.4, -0.2) is 39.3 Å². The molecule has 8 nitrogen and oxygen atoms in total. The number of benzene rings is 6. The van der Waals surface area contributed by atoms with Crippen LogP contribution in [-0.2, 0) is 56.2 Å². The van der Waals surface area contributed by atoms with Gasteiger partial charge in [0, 0.05) is 67.6 Å². The number of phenols is 2. The van der Waals surface area contributed by atoms with E-state index < -0.39 is 0 Å². The predicted octanol–water partition coefficient (Wildman–Crippen LogP) is 9.26. The second kappa shape index (κ2) is 15.0. The van der Waals surface area contributed by atoms with Crippen LogP contribution in [0.3, 0.4) is 0 Å². The third-order valence-electron chi connectivity index (χ3n) is 9.50. The third kappa shape index (κ3) is 6.36. The molecule has 0 radical (unpaired) electrons. The molecule has 10 heteroatoms. The fraction of sp³-hybridized carbons (Fsp3) is 0.0455. The van der Waals surface area contributed by atoms with E-state index in [2.05, 4.69) is 22.1 Å². The third-order valence-corrected chi connectivity index (χ3v) is 9.50. The van der Waals surface area contributed by atoms with Crippen molar-refractivity contribution in [3.05, 3.63) is 146 Å². The van der Waals surface area contributed by atoms with E-state index in [1.165, 1.54) is 0 Å². The molecule has 0 saturated carbocycles. The van der Waals surface area contributed by atoms with Gasteiger partial charge in [0.1, 0.15) is 23.1 Å². The van der Waals surface area contributed by atoms with Gasteiger partial charge in [0.15, 0.2) is 0 Å². The van der Waals surface area contributed by atoms with Gasteiger partial charge >= 0.3 is 0 Å². The fourth-order valence-corrected chi connectivity index (χ4v) is 6.87. The molecular formula is C44H30N6O2Pt2-2. The van der Waals surface area contributed by atoms with Crippen LogP contribution in [0.15, 0.2) is 134 Å². The Morgan fingerprint density at radius 1 is 0.463 bits per heavy atom. The Morgan fingerprint density at radius 3 is 1.30 bits per heavy atom. The Balaban J connectivity index is 0.00000225. The van der Waals surface area contributed by atoms with Gasteiger partial charge in [0.25, 0.3) is 0 Å². The van der Waals surface area contributed by atoms with Crippen molar-refractivity contribution in [2.75, 3.05) is 0 Å². The Hall–Kier alpha value is -5.68.